The van der Waals surface area contributed by atoms with Crippen LogP contribution in [0.15, 0.2) is 12.4 Å². The number of fused-ring (bicyclic) bond motifs is 1. The van der Waals surface area contributed by atoms with Gasteiger partial charge in [-0.05, 0) is 0 Å². The molecule has 0 unspecified atom stereocenters. The summed E-state index contributed by atoms with van der Waals surface area (Å²) in [7, 11) is 0. The van der Waals surface area contributed by atoms with E-state index in [9.17, 15) is 5.21 Å². The molecule has 2 rings (SSSR count). The number of hydrogen-bond donors (Lipinski definition) is 1. The third-order valence-electron chi connectivity index (χ3n) is 1.64. The highest BCUT2D eigenvalue weighted by Crippen LogP contribution is 2.29. The SMILES string of the molecule is N#Cc1cn(O)c2nncc-2c1Cl. The molecule has 0 saturated carbocycles. The van der Waals surface area contributed by atoms with Crippen LogP contribution in [-0.4, -0.2) is 20.1 Å². The van der Waals surface area contributed by atoms with Crippen LogP contribution in [0.4, 0.5) is 0 Å². The predicted molar refractivity (Wildman–Crippen MR) is 43.6 cm³/mol. The summed E-state index contributed by atoms with van der Waals surface area (Å²) in [6.07, 6.45) is 2.59. The largest absolute Gasteiger partial charge is 0.427 e. The molecule has 0 atom stereocenters. The van der Waals surface area contributed by atoms with E-state index in [2.05, 4.69) is 10.2 Å². The van der Waals surface area contributed by atoms with Crippen molar-refractivity contribution in [3.05, 3.63) is 23.0 Å². The summed E-state index contributed by atoms with van der Waals surface area (Å²) in [4.78, 5) is 0. The summed E-state index contributed by atoms with van der Waals surface area (Å²) in [5.74, 6) is 0.240. The van der Waals surface area contributed by atoms with E-state index in [0.29, 0.717) is 5.56 Å². The Bertz CT molecular complexity index is 472. The smallest absolute Gasteiger partial charge is 0.200 e. The summed E-state index contributed by atoms with van der Waals surface area (Å²) in [5, 5.41) is 25.4. The van der Waals surface area contributed by atoms with Gasteiger partial charge in [-0.2, -0.15) is 15.1 Å². The molecule has 2 aliphatic rings. The van der Waals surface area contributed by atoms with Crippen LogP contribution in [0.5, 0.6) is 0 Å². The fourth-order valence-corrected chi connectivity index (χ4v) is 1.26. The Morgan fingerprint density at radius 2 is 2.38 bits per heavy atom. The zero-order valence-electron chi connectivity index (χ0n) is 6.27. The fourth-order valence-electron chi connectivity index (χ4n) is 1.04. The Morgan fingerprint density at radius 1 is 1.62 bits per heavy atom. The molecule has 0 aromatic rings. The number of pyridine rings is 1. The van der Waals surface area contributed by atoms with Gasteiger partial charge in [0.1, 0.15) is 6.07 Å². The molecule has 0 aromatic carbocycles. The Labute approximate surface area is 78.1 Å². The zero-order valence-corrected chi connectivity index (χ0v) is 7.02. The number of rotatable bonds is 0. The van der Waals surface area contributed by atoms with Crippen molar-refractivity contribution in [2.75, 3.05) is 0 Å². The first-order valence-electron chi connectivity index (χ1n) is 3.35. The van der Waals surface area contributed by atoms with Gasteiger partial charge in [0.2, 0.25) is 0 Å². The Morgan fingerprint density at radius 3 is 3.08 bits per heavy atom. The summed E-state index contributed by atoms with van der Waals surface area (Å²) in [6, 6.07) is 1.85. The van der Waals surface area contributed by atoms with E-state index in [4.69, 9.17) is 16.9 Å². The summed E-state index contributed by atoms with van der Waals surface area (Å²) >= 11 is 5.83. The van der Waals surface area contributed by atoms with Gasteiger partial charge < -0.3 is 5.21 Å². The van der Waals surface area contributed by atoms with Crippen molar-refractivity contribution in [1.29, 1.82) is 5.26 Å². The number of aromatic nitrogens is 3. The van der Waals surface area contributed by atoms with Crippen LogP contribution in [0.3, 0.4) is 0 Å². The first-order valence-corrected chi connectivity index (χ1v) is 3.73. The van der Waals surface area contributed by atoms with Crippen LogP contribution in [-0.2, 0) is 0 Å². The lowest BCUT2D eigenvalue weighted by Crippen LogP contribution is -2.00. The lowest BCUT2D eigenvalue weighted by Gasteiger charge is -2.05. The third-order valence-corrected chi connectivity index (χ3v) is 2.05. The molecule has 0 fully saturated rings. The molecule has 13 heavy (non-hydrogen) atoms. The van der Waals surface area contributed by atoms with Gasteiger partial charge in [-0.3, -0.25) is 0 Å². The van der Waals surface area contributed by atoms with Gasteiger partial charge in [0.15, 0.2) is 5.82 Å². The molecule has 5 nitrogen and oxygen atoms in total. The van der Waals surface area contributed by atoms with Gasteiger partial charge in [-0.25, -0.2) is 0 Å². The van der Waals surface area contributed by atoms with Crippen LogP contribution >= 0.6 is 11.6 Å². The highest BCUT2D eigenvalue weighted by molar-refractivity contribution is 6.34. The average Bonchev–Trinajstić information content (AvgIpc) is 2.60. The highest BCUT2D eigenvalue weighted by atomic mass is 35.5. The molecule has 64 valence electrons. The molecule has 0 spiro atoms. The minimum absolute atomic E-state index is 0.187. The number of nitriles is 1. The van der Waals surface area contributed by atoms with Gasteiger partial charge in [-0.1, -0.05) is 11.6 Å². The van der Waals surface area contributed by atoms with Gasteiger partial charge in [0.25, 0.3) is 0 Å². The van der Waals surface area contributed by atoms with Crippen LogP contribution in [0.25, 0.3) is 11.4 Å². The zero-order chi connectivity index (χ0) is 9.42. The van der Waals surface area contributed by atoms with Crippen molar-refractivity contribution in [1.82, 2.24) is 14.9 Å². The predicted octanol–water partition coefficient (Wildman–Crippen LogP) is 1.15. The summed E-state index contributed by atoms with van der Waals surface area (Å²) in [5.41, 5.74) is 0.648. The fraction of sp³-hybridized carbons (Fsp3) is 0. The van der Waals surface area contributed by atoms with Crippen molar-refractivity contribution in [3.63, 3.8) is 0 Å². The van der Waals surface area contributed by atoms with Crippen molar-refractivity contribution >= 4 is 11.6 Å². The van der Waals surface area contributed by atoms with Crippen molar-refractivity contribution in [2.45, 2.75) is 0 Å². The van der Waals surface area contributed by atoms with E-state index in [0.717, 1.165) is 4.73 Å². The minimum atomic E-state index is 0.187. The standard InChI is InChI=1S/C7H3ClN4O/c8-6-4(1-9)3-12(13)7-5(6)2-10-11-7/h2-3,13H. The Hall–Kier alpha value is -1.80. The van der Waals surface area contributed by atoms with Gasteiger partial charge in [0, 0.05) is 0 Å². The first-order chi connectivity index (χ1) is 6.24. The average molecular weight is 195 g/mol. The van der Waals surface area contributed by atoms with Gasteiger partial charge in [0.05, 0.1) is 28.5 Å². The molecule has 0 aromatic heterocycles. The van der Waals surface area contributed by atoms with E-state index in [1.54, 1.807) is 0 Å². The van der Waals surface area contributed by atoms with E-state index in [-0.39, 0.29) is 16.4 Å². The van der Waals surface area contributed by atoms with Gasteiger partial charge in [-0.15, -0.1) is 5.10 Å². The van der Waals surface area contributed by atoms with Crippen LogP contribution in [0, 0.1) is 11.3 Å². The second-order valence-corrected chi connectivity index (χ2v) is 2.77. The van der Waals surface area contributed by atoms with Gasteiger partial charge >= 0.3 is 0 Å². The summed E-state index contributed by atoms with van der Waals surface area (Å²) < 4.78 is 0.729. The quantitative estimate of drug-likeness (QED) is 0.639. The lowest BCUT2D eigenvalue weighted by atomic mass is 10.2. The van der Waals surface area contributed by atoms with E-state index in [1.165, 1.54) is 12.4 Å². The first kappa shape index (κ1) is 7.83. The van der Waals surface area contributed by atoms with Crippen LogP contribution in [0.2, 0.25) is 5.02 Å². The molecule has 0 bridgehead atoms. The van der Waals surface area contributed by atoms with Crippen molar-refractivity contribution < 1.29 is 5.21 Å². The van der Waals surface area contributed by atoms with E-state index >= 15 is 0 Å². The van der Waals surface area contributed by atoms with Crippen LogP contribution < -0.4 is 0 Å². The number of nitrogens with zero attached hydrogens (tertiary/aromatic N) is 4. The van der Waals surface area contributed by atoms with Crippen molar-refractivity contribution in [2.24, 2.45) is 0 Å². The molecule has 0 aliphatic carbocycles. The van der Waals surface area contributed by atoms with Crippen molar-refractivity contribution in [3.8, 4) is 17.5 Å². The van der Waals surface area contributed by atoms with E-state index < -0.39 is 0 Å². The topological polar surface area (TPSA) is 74.7 Å². The molecular formula is C7H3ClN4O. The molecule has 6 heteroatoms. The monoisotopic (exact) mass is 194 g/mol. The number of hydrogen-bond acceptors (Lipinski definition) is 4. The molecule has 2 aliphatic heterocycles. The molecule has 1 N–H and O–H groups in total. The molecular weight excluding hydrogens is 192 g/mol. The maximum absolute atomic E-state index is 9.30. The van der Waals surface area contributed by atoms with E-state index in [1.807, 2.05) is 6.07 Å². The second-order valence-electron chi connectivity index (χ2n) is 2.39. The highest BCUT2D eigenvalue weighted by Gasteiger charge is 2.17. The molecule has 0 amide bonds. The molecule has 0 saturated heterocycles. The Balaban J connectivity index is 2.87. The molecule has 2 heterocycles. The molecule has 0 radical (unpaired) electrons. The summed E-state index contributed by atoms with van der Waals surface area (Å²) in [6.45, 7) is 0. The Kier molecular flexibility index (Phi) is 1.57. The maximum Gasteiger partial charge on any atom is 0.200 e. The second kappa shape index (κ2) is 2.61. The minimum Gasteiger partial charge on any atom is -0.427 e. The normalized spacial score (nSPS) is 10.2. The third kappa shape index (κ3) is 0.999. The maximum atomic E-state index is 9.30. The lowest BCUT2D eigenvalue weighted by molar-refractivity contribution is 0.186. The number of halogens is 1. The van der Waals surface area contributed by atoms with Crippen LogP contribution in [0.1, 0.15) is 5.56 Å².